The predicted molar refractivity (Wildman–Crippen MR) is 59.2 cm³/mol. The normalized spacial score (nSPS) is 22.5. The molecular weight excluding hydrogens is 229 g/mol. The smallest absolute Gasteiger partial charge is 0.229 e. The van der Waals surface area contributed by atoms with Crippen LogP contribution in [-0.2, 0) is 10.0 Å². The molecule has 1 fully saturated rings. The van der Waals surface area contributed by atoms with E-state index in [1.54, 1.807) is 12.1 Å². The Labute approximate surface area is 94.9 Å². The summed E-state index contributed by atoms with van der Waals surface area (Å²) in [7, 11) is -3.65. The summed E-state index contributed by atoms with van der Waals surface area (Å²) in [5.74, 6) is 0. The molecule has 1 unspecified atom stereocenters. The van der Waals surface area contributed by atoms with Crippen LogP contribution in [0.1, 0.15) is 18.4 Å². The van der Waals surface area contributed by atoms with Gasteiger partial charge in [0.15, 0.2) is 6.30 Å². The van der Waals surface area contributed by atoms with Gasteiger partial charge in [0.25, 0.3) is 0 Å². The van der Waals surface area contributed by atoms with Crippen LogP contribution in [0.25, 0.3) is 0 Å². The molecule has 0 saturated carbocycles. The summed E-state index contributed by atoms with van der Waals surface area (Å²) in [6.45, 7) is 2.15. The van der Waals surface area contributed by atoms with Gasteiger partial charge in [0.2, 0.25) is 10.0 Å². The standard InChI is InChI=1S/C11H14FNO2S/c1-9-4-6-10(7-5-9)16(14,15)13-8-2-3-11(13)12/h4-7,11H,2-3,8H2,1H3. The van der Waals surface area contributed by atoms with E-state index in [0.29, 0.717) is 12.8 Å². The zero-order chi connectivity index (χ0) is 11.8. The van der Waals surface area contributed by atoms with Crippen LogP contribution in [0.5, 0.6) is 0 Å². The zero-order valence-corrected chi connectivity index (χ0v) is 9.87. The number of rotatable bonds is 2. The topological polar surface area (TPSA) is 37.4 Å². The average molecular weight is 243 g/mol. The van der Waals surface area contributed by atoms with E-state index >= 15 is 0 Å². The molecule has 0 N–H and O–H groups in total. The van der Waals surface area contributed by atoms with Crippen molar-refractivity contribution in [3.05, 3.63) is 29.8 Å². The first-order valence-electron chi connectivity index (χ1n) is 5.24. The lowest BCUT2D eigenvalue weighted by Gasteiger charge is -2.18. The highest BCUT2D eigenvalue weighted by atomic mass is 32.2. The largest absolute Gasteiger partial charge is 0.245 e. The molecule has 16 heavy (non-hydrogen) atoms. The molecule has 1 aliphatic rings. The van der Waals surface area contributed by atoms with E-state index in [9.17, 15) is 12.8 Å². The van der Waals surface area contributed by atoms with E-state index in [4.69, 9.17) is 0 Å². The van der Waals surface area contributed by atoms with Crippen LogP contribution in [0.3, 0.4) is 0 Å². The molecule has 1 aliphatic heterocycles. The van der Waals surface area contributed by atoms with Crippen LogP contribution in [-0.4, -0.2) is 25.6 Å². The minimum atomic E-state index is -3.65. The van der Waals surface area contributed by atoms with Crippen molar-refractivity contribution in [3.63, 3.8) is 0 Å². The maximum atomic E-state index is 13.4. The summed E-state index contributed by atoms with van der Waals surface area (Å²) in [4.78, 5) is 0.169. The summed E-state index contributed by atoms with van der Waals surface area (Å²) in [5, 5.41) is 0. The zero-order valence-electron chi connectivity index (χ0n) is 9.06. The maximum Gasteiger partial charge on any atom is 0.245 e. The Bertz CT molecular complexity index is 469. The molecule has 1 heterocycles. The minimum absolute atomic E-state index is 0.169. The van der Waals surface area contributed by atoms with Gasteiger partial charge in [-0.1, -0.05) is 17.7 Å². The molecule has 1 aromatic carbocycles. The lowest BCUT2D eigenvalue weighted by Crippen LogP contribution is -2.32. The first-order chi connectivity index (χ1) is 7.51. The number of benzene rings is 1. The number of halogens is 1. The number of sulfonamides is 1. The average Bonchev–Trinajstić information content (AvgIpc) is 2.66. The fourth-order valence-corrected chi connectivity index (χ4v) is 3.34. The third kappa shape index (κ3) is 1.97. The molecule has 2 rings (SSSR count). The van der Waals surface area contributed by atoms with Gasteiger partial charge in [-0.05, 0) is 31.9 Å². The number of alkyl halides is 1. The highest BCUT2D eigenvalue weighted by Crippen LogP contribution is 2.26. The highest BCUT2D eigenvalue weighted by molar-refractivity contribution is 7.89. The van der Waals surface area contributed by atoms with E-state index in [0.717, 1.165) is 9.87 Å². The van der Waals surface area contributed by atoms with Crippen molar-refractivity contribution in [2.75, 3.05) is 6.54 Å². The van der Waals surface area contributed by atoms with E-state index < -0.39 is 16.3 Å². The first-order valence-corrected chi connectivity index (χ1v) is 6.68. The third-order valence-electron chi connectivity index (χ3n) is 2.76. The van der Waals surface area contributed by atoms with Gasteiger partial charge in [0.05, 0.1) is 4.90 Å². The van der Waals surface area contributed by atoms with Crippen molar-refractivity contribution in [2.24, 2.45) is 0 Å². The van der Waals surface area contributed by atoms with Gasteiger partial charge in [0.1, 0.15) is 0 Å². The van der Waals surface area contributed by atoms with Gasteiger partial charge in [-0.15, -0.1) is 0 Å². The van der Waals surface area contributed by atoms with Crippen LogP contribution < -0.4 is 0 Å². The summed E-state index contributed by atoms with van der Waals surface area (Å²) in [6.07, 6.45) is -0.483. The van der Waals surface area contributed by atoms with Crippen LogP contribution in [0.4, 0.5) is 4.39 Å². The Morgan fingerprint density at radius 3 is 2.44 bits per heavy atom. The lowest BCUT2D eigenvalue weighted by molar-refractivity contribution is 0.211. The third-order valence-corrected chi connectivity index (χ3v) is 4.66. The molecule has 0 spiro atoms. The molecule has 88 valence electrons. The van der Waals surface area contributed by atoms with E-state index in [1.807, 2.05) is 6.92 Å². The van der Waals surface area contributed by atoms with Gasteiger partial charge in [-0.3, -0.25) is 0 Å². The Morgan fingerprint density at radius 2 is 1.94 bits per heavy atom. The number of aryl methyl sites for hydroxylation is 1. The molecule has 1 saturated heterocycles. The van der Waals surface area contributed by atoms with Crippen molar-refractivity contribution in [1.29, 1.82) is 0 Å². The molecule has 5 heteroatoms. The predicted octanol–water partition coefficient (Wildman–Crippen LogP) is 2.08. The van der Waals surface area contributed by atoms with Crippen LogP contribution in [0.15, 0.2) is 29.2 Å². The second-order valence-electron chi connectivity index (χ2n) is 4.01. The maximum absolute atomic E-state index is 13.4. The molecule has 0 radical (unpaired) electrons. The molecule has 0 aromatic heterocycles. The summed E-state index contributed by atoms with van der Waals surface area (Å²) in [6, 6.07) is 6.48. The van der Waals surface area contributed by atoms with Crippen molar-refractivity contribution >= 4 is 10.0 Å². The van der Waals surface area contributed by atoms with Gasteiger partial charge in [-0.25, -0.2) is 12.8 Å². The fourth-order valence-electron chi connectivity index (χ4n) is 1.82. The summed E-state index contributed by atoms with van der Waals surface area (Å²) < 4.78 is 38.4. The van der Waals surface area contributed by atoms with E-state index in [1.165, 1.54) is 12.1 Å². The Kier molecular flexibility index (Phi) is 2.99. The Balaban J connectivity index is 2.35. The molecule has 1 atom stereocenters. The lowest BCUT2D eigenvalue weighted by atomic mass is 10.2. The first kappa shape index (κ1) is 11.5. The molecular formula is C11H14FNO2S. The van der Waals surface area contributed by atoms with E-state index in [2.05, 4.69) is 0 Å². The van der Waals surface area contributed by atoms with Gasteiger partial charge in [-0.2, -0.15) is 4.31 Å². The van der Waals surface area contributed by atoms with Gasteiger partial charge >= 0.3 is 0 Å². The quantitative estimate of drug-likeness (QED) is 0.746. The second kappa shape index (κ2) is 4.14. The van der Waals surface area contributed by atoms with Crippen molar-refractivity contribution in [1.82, 2.24) is 4.31 Å². The Hall–Kier alpha value is -0.940. The summed E-state index contributed by atoms with van der Waals surface area (Å²) in [5.41, 5.74) is 0.983. The molecule has 0 bridgehead atoms. The second-order valence-corrected chi connectivity index (χ2v) is 5.90. The fraction of sp³-hybridized carbons (Fsp3) is 0.455. The molecule has 0 aliphatic carbocycles. The number of hydrogen-bond acceptors (Lipinski definition) is 2. The van der Waals surface area contributed by atoms with Crippen LogP contribution >= 0.6 is 0 Å². The molecule has 0 amide bonds. The van der Waals surface area contributed by atoms with E-state index in [-0.39, 0.29) is 11.4 Å². The summed E-state index contributed by atoms with van der Waals surface area (Å²) >= 11 is 0. The van der Waals surface area contributed by atoms with Crippen LogP contribution in [0.2, 0.25) is 0 Å². The van der Waals surface area contributed by atoms with Crippen molar-refractivity contribution in [3.8, 4) is 0 Å². The van der Waals surface area contributed by atoms with Crippen LogP contribution in [0, 0.1) is 6.92 Å². The number of nitrogens with zero attached hydrogens (tertiary/aromatic N) is 1. The number of hydrogen-bond donors (Lipinski definition) is 0. The van der Waals surface area contributed by atoms with Gasteiger partial charge in [0, 0.05) is 6.54 Å². The SMILES string of the molecule is Cc1ccc(S(=O)(=O)N2CCCC2F)cc1. The molecule has 1 aromatic rings. The monoisotopic (exact) mass is 243 g/mol. The van der Waals surface area contributed by atoms with Gasteiger partial charge < -0.3 is 0 Å². The molecule has 3 nitrogen and oxygen atoms in total. The van der Waals surface area contributed by atoms with Crippen molar-refractivity contribution < 1.29 is 12.8 Å². The Morgan fingerprint density at radius 1 is 1.31 bits per heavy atom. The van der Waals surface area contributed by atoms with Crippen molar-refractivity contribution in [2.45, 2.75) is 31.0 Å². The highest BCUT2D eigenvalue weighted by Gasteiger charge is 2.35. The minimum Gasteiger partial charge on any atom is -0.229 e.